The molecule has 0 N–H and O–H groups in total. The molecule has 0 atom stereocenters. The molecule has 0 unspecified atom stereocenters. The van der Waals surface area contributed by atoms with E-state index < -0.39 is 11.6 Å². The number of rotatable bonds is 9. The Hall–Kier alpha value is -1.32. The van der Waals surface area contributed by atoms with Crippen molar-refractivity contribution in [2.45, 2.75) is 46.5 Å². The Kier molecular flexibility index (Phi) is 7.34. The van der Waals surface area contributed by atoms with Gasteiger partial charge >= 0.3 is 0 Å². The van der Waals surface area contributed by atoms with Gasteiger partial charge in [0.1, 0.15) is 0 Å². The largest absolute Gasteiger partial charge is 0.490 e. The Labute approximate surface area is 120 Å². The third kappa shape index (κ3) is 5.35. The Morgan fingerprint density at radius 2 is 1.45 bits per heavy atom. The zero-order valence-corrected chi connectivity index (χ0v) is 12.5. The Balaban J connectivity index is 2.55. The van der Waals surface area contributed by atoms with E-state index in [0.717, 1.165) is 25.7 Å². The van der Waals surface area contributed by atoms with Crippen LogP contribution in [0.3, 0.4) is 0 Å². The van der Waals surface area contributed by atoms with Crippen molar-refractivity contribution in [2.75, 3.05) is 13.2 Å². The number of benzene rings is 1. The number of hydrogen-bond acceptors (Lipinski definition) is 2. The maximum Gasteiger partial charge on any atom is 0.204 e. The van der Waals surface area contributed by atoms with Crippen molar-refractivity contribution in [3.05, 3.63) is 23.8 Å². The summed E-state index contributed by atoms with van der Waals surface area (Å²) >= 11 is 0. The fraction of sp³-hybridized carbons (Fsp3) is 0.625. The van der Waals surface area contributed by atoms with Gasteiger partial charge in [0.15, 0.2) is 11.5 Å². The average Bonchev–Trinajstić information content (AvgIpc) is 2.41. The van der Waals surface area contributed by atoms with E-state index in [2.05, 4.69) is 13.8 Å². The van der Waals surface area contributed by atoms with E-state index in [-0.39, 0.29) is 11.5 Å². The van der Waals surface area contributed by atoms with Gasteiger partial charge in [-0.05, 0) is 37.3 Å². The van der Waals surface area contributed by atoms with Gasteiger partial charge in [-0.15, -0.1) is 0 Å². The first kappa shape index (κ1) is 16.7. The van der Waals surface area contributed by atoms with Crippen molar-refractivity contribution < 1.29 is 18.3 Å². The van der Waals surface area contributed by atoms with E-state index in [0.29, 0.717) is 19.1 Å². The van der Waals surface area contributed by atoms with E-state index in [1.165, 1.54) is 12.1 Å². The van der Waals surface area contributed by atoms with Crippen LogP contribution in [0.5, 0.6) is 11.5 Å². The highest BCUT2D eigenvalue weighted by atomic mass is 19.2. The Morgan fingerprint density at radius 1 is 0.950 bits per heavy atom. The first-order valence-electron chi connectivity index (χ1n) is 7.29. The lowest BCUT2D eigenvalue weighted by atomic mass is 10.1. The molecule has 0 fully saturated rings. The highest BCUT2D eigenvalue weighted by Crippen LogP contribution is 2.28. The molecule has 0 aliphatic heterocycles. The minimum Gasteiger partial charge on any atom is -0.490 e. The van der Waals surface area contributed by atoms with Crippen LogP contribution in [0.15, 0.2) is 12.1 Å². The van der Waals surface area contributed by atoms with Crippen molar-refractivity contribution in [1.82, 2.24) is 0 Å². The molecular weight excluding hydrogens is 262 g/mol. The molecule has 0 bridgehead atoms. The summed E-state index contributed by atoms with van der Waals surface area (Å²) < 4.78 is 38.0. The maximum atomic E-state index is 13.8. The van der Waals surface area contributed by atoms with E-state index >= 15 is 0 Å². The zero-order valence-electron chi connectivity index (χ0n) is 12.5. The lowest BCUT2D eigenvalue weighted by Gasteiger charge is -2.11. The molecule has 0 radical (unpaired) electrons. The monoisotopic (exact) mass is 286 g/mol. The minimum absolute atomic E-state index is 0.0471. The molecule has 20 heavy (non-hydrogen) atoms. The third-order valence-electron chi connectivity index (χ3n) is 2.95. The van der Waals surface area contributed by atoms with Crippen LogP contribution in [0.4, 0.5) is 8.78 Å². The summed E-state index contributed by atoms with van der Waals surface area (Å²) in [5.41, 5.74) is 0. The summed E-state index contributed by atoms with van der Waals surface area (Å²) in [5.74, 6) is -1.46. The first-order chi connectivity index (χ1) is 9.56. The topological polar surface area (TPSA) is 18.5 Å². The number of unbranched alkanes of at least 4 members (excludes halogenated alkanes) is 1. The highest BCUT2D eigenvalue weighted by Gasteiger charge is 2.15. The number of ether oxygens (including phenoxy) is 2. The smallest absolute Gasteiger partial charge is 0.204 e. The second-order valence-corrected chi connectivity index (χ2v) is 5.28. The van der Waals surface area contributed by atoms with Gasteiger partial charge in [0.2, 0.25) is 11.6 Å². The molecule has 0 aromatic heterocycles. The van der Waals surface area contributed by atoms with Gasteiger partial charge in [-0.3, -0.25) is 0 Å². The van der Waals surface area contributed by atoms with Gasteiger partial charge in [0, 0.05) is 0 Å². The maximum absolute atomic E-state index is 13.8. The van der Waals surface area contributed by atoms with Crippen molar-refractivity contribution in [1.29, 1.82) is 0 Å². The predicted molar refractivity (Wildman–Crippen MR) is 76.3 cm³/mol. The van der Waals surface area contributed by atoms with E-state index in [9.17, 15) is 8.78 Å². The third-order valence-corrected chi connectivity index (χ3v) is 2.95. The summed E-state index contributed by atoms with van der Waals surface area (Å²) in [5, 5.41) is 0. The van der Waals surface area contributed by atoms with Crippen molar-refractivity contribution in [3.8, 4) is 11.5 Å². The fourth-order valence-corrected chi connectivity index (χ4v) is 1.74. The van der Waals surface area contributed by atoms with E-state index in [1.807, 2.05) is 6.92 Å². The summed E-state index contributed by atoms with van der Waals surface area (Å²) in [6.07, 6.45) is 3.59. The average molecular weight is 286 g/mol. The van der Waals surface area contributed by atoms with Crippen molar-refractivity contribution >= 4 is 0 Å². The van der Waals surface area contributed by atoms with Crippen molar-refractivity contribution in [2.24, 2.45) is 5.92 Å². The molecule has 0 aliphatic rings. The van der Waals surface area contributed by atoms with Gasteiger partial charge < -0.3 is 9.47 Å². The SMILES string of the molecule is CCCCOc1ccc(OCCCC(C)C)c(F)c1F. The van der Waals surface area contributed by atoms with Crippen molar-refractivity contribution in [3.63, 3.8) is 0 Å². The van der Waals surface area contributed by atoms with E-state index in [1.54, 1.807) is 0 Å². The Bertz CT molecular complexity index is 406. The fourth-order valence-electron chi connectivity index (χ4n) is 1.74. The predicted octanol–water partition coefficient (Wildman–Crippen LogP) is 4.96. The second kappa shape index (κ2) is 8.77. The molecule has 0 amide bonds. The molecule has 2 nitrogen and oxygen atoms in total. The molecule has 1 aromatic rings. The molecule has 0 saturated heterocycles. The molecule has 0 aliphatic carbocycles. The van der Waals surface area contributed by atoms with Crippen LogP contribution >= 0.6 is 0 Å². The molecule has 4 heteroatoms. The van der Waals surface area contributed by atoms with Gasteiger partial charge in [-0.1, -0.05) is 27.2 Å². The molecule has 1 rings (SSSR count). The van der Waals surface area contributed by atoms with Gasteiger partial charge in [0.25, 0.3) is 0 Å². The zero-order chi connectivity index (χ0) is 15.0. The number of halogens is 2. The van der Waals surface area contributed by atoms with E-state index in [4.69, 9.17) is 9.47 Å². The summed E-state index contributed by atoms with van der Waals surface area (Å²) in [4.78, 5) is 0. The van der Waals surface area contributed by atoms with Gasteiger partial charge in [0.05, 0.1) is 13.2 Å². The van der Waals surface area contributed by atoms with Crippen LogP contribution in [0, 0.1) is 17.6 Å². The van der Waals surface area contributed by atoms with Crippen LogP contribution in [-0.2, 0) is 0 Å². The lowest BCUT2D eigenvalue weighted by molar-refractivity contribution is 0.265. The van der Waals surface area contributed by atoms with Crippen LogP contribution in [0.25, 0.3) is 0 Å². The van der Waals surface area contributed by atoms with Gasteiger partial charge in [-0.2, -0.15) is 8.78 Å². The molecule has 1 aromatic carbocycles. The summed E-state index contributed by atoms with van der Waals surface area (Å²) in [6.45, 7) is 7.02. The molecule has 114 valence electrons. The normalized spacial score (nSPS) is 10.9. The van der Waals surface area contributed by atoms with Gasteiger partial charge in [-0.25, -0.2) is 0 Å². The number of hydrogen-bond donors (Lipinski definition) is 0. The molecular formula is C16H24F2O2. The highest BCUT2D eigenvalue weighted by molar-refractivity contribution is 5.35. The van der Waals surface area contributed by atoms with Crippen LogP contribution in [0.2, 0.25) is 0 Å². The summed E-state index contributed by atoms with van der Waals surface area (Å²) in [6, 6.07) is 2.85. The second-order valence-electron chi connectivity index (χ2n) is 5.28. The molecule has 0 saturated carbocycles. The summed E-state index contributed by atoms with van der Waals surface area (Å²) in [7, 11) is 0. The van der Waals surface area contributed by atoms with Crippen LogP contribution in [0.1, 0.15) is 46.5 Å². The first-order valence-corrected chi connectivity index (χ1v) is 7.29. The van der Waals surface area contributed by atoms with Crippen LogP contribution < -0.4 is 9.47 Å². The standard InChI is InChI=1S/C16H24F2O2/c1-4-5-10-19-13-8-9-14(16(18)15(13)17)20-11-6-7-12(2)3/h8-9,12H,4-7,10-11H2,1-3H3. The molecule has 0 spiro atoms. The quantitative estimate of drug-likeness (QED) is 0.597. The minimum atomic E-state index is -0.970. The lowest BCUT2D eigenvalue weighted by Crippen LogP contribution is -2.04. The molecule has 0 heterocycles. The van der Waals surface area contributed by atoms with Crippen LogP contribution in [-0.4, -0.2) is 13.2 Å². The Morgan fingerprint density at radius 3 is 1.90 bits per heavy atom.